The Balaban J connectivity index is 1.87. The molecule has 4 atom stereocenters. The number of alkyl halides is 1. The van der Waals surface area contributed by atoms with Gasteiger partial charge in [-0.3, -0.25) is 14.4 Å². The number of allylic oxidation sites excluding steroid dienone is 2. The molecule has 36 heavy (non-hydrogen) atoms. The molecule has 194 valence electrons. The second kappa shape index (κ2) is 8.99. The summed E-state index contributed by atoms with van der Waals surface area (Å²) in [5.74, 6) is -6.86. The fourth-order valence-corrected chi connectivity index (χ4v) is 5.59. The van der Waals surface area contributed by atoms with E-state index in [9.17, 15) is 39.9 Å². The fourth-order valence-electron chi connectivity index (χ4n) is 5.48. The normalized spacial score (nSPS) is 26.2. The summed E-state index contributed by atoms with van der Waals surface area (Å²) in [6.45, 7) is -0.00483. The number of aromatic hydroxyl groups is 1. The van der Waals surface area contributed by atoms with Gasteiger partial charge in [0.25, 0.3) is 5.91 Å². The van der Waals surface area contributed by atoms with Crippen LogP contribution in [-0.2, 0) is 16.0 Å². The predicted octanol–water partition coefficient (Wildman–Crippen LogP) is 0.658. The van der Waals surface area contributed by atoms with Crippen molar-refractivity contribution in [3.63, 3.8) is 0 Å². The van der Waals surface area contributed by atoms with Gasteiger partial charge in [-0.2, -0.15) is 0 Å². The molecule has 0 saturated heterocycles. The topological polar surface area (TPSA) is 194 Å². The minimum Gasteiger partial charge on any atom is -0.511 e. The van der Waals surface area contributed by atoms with E-state index in [0.29, 0.717) is 11.3 Å². The van der Waals surface area contributed by atoms with Crippen molar-refractivity contribution < 1.29 is 39.9 Å². The number of aliphatic hydroxyl groups excluding tert-OH is 3. The van der Waals surface area contributed by atoms with Crippen LogP contribution in [0.5, 0.6) is 5.75 Å². The fraction of sp³-hybridized carbons (Fsp3) is 0.458. The first-order valence-electron chi connectivity index (χ1n) is 11.4. The van der Waals surface area contributed by atoms with E-state index in [0.717, 1.165) is 0 Å². The number of rotatable bonds is 6. The molecule has 8 N–H and O–H groups in total. The van der Waals surface area contributed by atoms with Gasteiger partial charge in [-0.25, -0.2) is 0 Å². The van der Waals surface area contributed by atoms with E-state index in [-0.39, 0.29) is 48.5 Å². The maximum Gasteiger partial charge on any atom is 0.255 e. The van der Waals surface area contributed by atoms with E-state index in [2.05, 4.69) is 5.32 Å². The number of fused-ring (bicyclic) bond motifs is 3. The van der Waals surface area contributed by atoms with Crippen molar-refractivity contribution in [2.75, 3.05) is 36.7 Å². The number of nitrogens with two attached hydrogens (primary N) is 1. The number of phenolic OH excluding ortho intramolecular Hbond substituents is 1. The van der Waals surface area contributed by atoms with Gasteiger partial charge < -0.3 is 41.5 Å². The zero-order chi connectivity index (χ0) is 26.7. The summed E-state index contributed by atoms with van der Waals surface area (Å²) in [5, 5.41) is 56.4. The van der Waals surface area contributed by atoms with Crippen molar-refractivity contribution >= 4 is 40.4 Å². The Hall–Kier alpha value is -3.28. The lowest BCUT2D eigenvalue weighted by Gasteiger charge is -2.46. The van der Waals surface area contributed by atoms with Gasteiger partial charge in [0.1, 0.15) is 22.8 Å². The maximum absolute atomic E-state index is 13.7. The van der Waals surface area contributed by atoms with Crippen LogP contribution in [0.25, 0.3) is 0 Å². The number of Topliss-reactive ketones (excluding diaryl/α,β-unsaturated/α-hetero) is 2. The van der Waals surface area contributed by atoms with Crippen molar-refractivity contribution in [1.29, 1.82) is 0 Å². The van der Waals surface area contributed by atoms with Crippen LogP contribution in [-0.4, -0.2) is 81.2 Å². The molecule has 4 rings (SSSR count). The van der Waals surface area contributed by atoms with Crippen LogP contribution < -0.4 is 16.0 Å². The zero-order valence-electron chi connectivity index (χ0n) is 19.7. The number of anilines is 2. The Morgan fingerprint density at radius 1 is 1.28 bits per heavy atom. The third kappa shape index (κ3) is 3.69. The summed E-state index contributed by atoms with van der Waals surface area (Å²) in [4.78, 5) is 40.3. The minimum atomic E-state index is -2.62. The molecule has 0 radical (unpaired) electrons. The Kier molecular flexibility index (Phi) is 6.44. The van der Waals surface area contributed by atoms with Crippen LogP contribution in [0.3, 0.4) is 0 Å². The van der Waals surface area contributed by atoms with Crippen molar-refractivity contribution in [2.24, 2.45) is 17.6 Å². The quantitative estimate of drug-likeness (QED) is 0.159. The summed E-state index contributed by atoms with van der Waals surface area (Å²) < 4.78 is 0. The maximum atomic E-state index is 13.7. The van der Waals surface area contributed by atoms with E-state index < -0.39 is 63.9 Å². The highest BCUT2D eigenvalue weighted by atomic mass is 35.5. The summed E-state index contributed by atoms with van der Waals surface area (Å²) in [7, 11) is 3.51. The number of halogens is 1. The molecule has 1 aromatic rings. The molecule has 0 fully saturated rings. The van der Waals surface area contributed by atoms with Crippen LogP contribution in [0.2, 0.25) is 0 Å². The number of amides is 1. The minimum absolute atomic E-state index is 0.00483. The molecule has 1 unspecified atom stereocenters. The monoisotopic (exact) mass is 521 g/mol. The lowest BCUT2D eigenvalue weighted by Crippen LogP contribution is -2.57. The molecule has 1 amide bonds. The van der Waals surface area contributed by atoms with Gasteiger partial charge in [-0.15, -0.1) is 11.6 Å². The average molecular weight is 522 g/mol. The van der Waals surface area contributed by atoms with Gasteiger partial charge in [0.05, 0.1) is 23.2 Å². The van der Waals surface area contributed by atoms with Gasteiger partial charge >= 0.3 is 0 Å². The molecule has 0 spiro atoms. The highest BCUT2D eigenvalue weighted by Gasteiger charge is 2.59. The molecule has 12 heteroatoms. The third-order valence-corrected chi connectivity index (χ3v) is 7.58. The number of carbonyl (C=O) groups is 3. The summed E-state index contributed by atoms with van der Waals surface area (Å²) in [5.41, 5.74) is 2.71. The molecule has 3 aliphatic carbocycles. The Morgan fingerprint density at radius 2 is 1.94 bits per heavy atom. The summed E-state index contributed by atoms with van der Waals surface area (Å²) in [6.07, 6.45) is -0.951. The SMILES string of the molecule is CN(C)c1cc(NCC(O)CCl)c(O)c2c1C[C@H]1C[C@H]3CC(O)=C(C(N)=O)C(=O)[C@@]3(O)C(O)=C1C2=O. The van der Waals surface area contributed by atoms with E-state index in [1.54, 1.807) is 25.1 Å². The molecular formula is C24H28ClN3O8. The standard InChI is InChI=1S/C24H28ClN3O8/c1-28(2)14-6-13(27-8-11(29)7-25)19(31)17-12(14)4-9-3-10-5-15(30)18(23(26)35)22(34)24(10,36)21(33)16(9)20(17)32/h6,9-11,27,29-31,33,36H,3-5,7-8H2,1-2H3,(H2,26,35)/t9-,10+,11?,24+/m1/s1. The summed E-state index contributed by atoms with van der Waals surface area (Å²) in [6, 6.07) is 1.63. The Morgan fingerprint density at radius 3 is 2.53 bits per heavy atom. The number of nitrogens with one attached hydrogen (secondary N) is 1. The molecule has 0 bridgehead atoms. The molecule has 1 aromatic carbocycles. The van der Waals surface area contributed by atoms with Crippen molar-refractivity contribution in [2.45, 2.75) is 31.0 Å². The molecule has 0 saturated carbocycles. The van der Waals surface area contributed by atoms with Crippen molar-refractivity contribution in [3.05, 3.63) is 39.9 Å². The second-order valence-corrected chi connectivity index (χ2v) is 9.95. The number of hydrogen-bond acceptors (Lipinski definition) is 10. The molecule has 0 aromatic heterocycles. The van der Waals surface area contributed by atoms with Crippen LogP contribution in [0.4, 0.5) is 11.4 Å². The highest BCUT2D eigenvalue weighted by Crippen LogP contribution is 2.53. The van der Waals surface area contributed by atoms with E-state index in [4.69, 9.17) is 17.3 Å². The number of carbonyl (C=O) groups excluding carboxylic acids is 3. The number of hydrogen-bond donors (Lipinski definition) is 7. The Bertz CT molecular complexity index is 1240. The predicted molar refractivity (Wildman–Crippen MR) is 130 cm³/mol. The van der Waals surface area contributed by atoms with Gasteiger partial charge in [0.15, 0.2) is 11.4 Å². The van der Waals surface area contributed by atoms with Crippen LogP contribution in [0.1, 0.15) is 28.8 Å². The first-order chi connectivity index (χ1) is 16.8. The Labute approximate surface area is 211 Å². The highest BCUT2D eigenvalue weighted by molar-refractivity contribution is 6.24. The molecular weight excluding hydrogens is 494 g/mol. The van der Waals surface area contributed by atoms with Gasteiger partial charge in [-0.1, -0.05) is 0 Å². The smallest absolute Gasteiger partial charge is 0.255 e. The number of benzene rings is 1. The van der Waals surface area contributed by atoms with Gasteiger partial charge in [-0.05, 0) is 30.4 Å². The third-order valence-electron chi connectivity index (χ3n) is 7.23. The largest absolute Gasteiger partial charge is 0.511 e. The lowest BCUT2D eigenvalue weighted by atomic mass is 9.60. The van der Waals surface area contributed by atoms with Gasteiger partial charge in [0.2, 0.25) is 5.78 Å². The molecule has 11 nitrogen and oxygen atoms in total. The van der Waals surface area contributed by atoms with Crippen molar-refractivity contribution in [1.82, 2.24) is 0 Å². The number of phenols is 1. The molecule has 0 aliphatic heterocycles. The van der Waals surface area contributed by atoms with Crippen LogP contribution in [0.15, 0.2) is 28.7 Å². The summed E-state index contributed by atoms with van der Waals surface area (Å²) >= 11 is 5.64. The van der Waals surface area contributed by atoms with E-state index in [1.807, 2.05) is 0 Å². The molecule has 0 heterocycles. The first kappa shape index (κ1) is 25.8. The van der Waals surface area contributed by atoms with E-state index in [1.165, 1.54) is 0 Å². The lowest BCUT2D eigenvalue weighted by molar-refractivity contribution is -0.144. The first-order valence-corrected chi connectivity index (χ1v) is 11.9. The van der Waals surface area contributed by atoms with Crippen LogP contribution in [0, 0.1) is 11.8 Å². The number of nitrogens with zero attached hydrogens (tertiary/aromatic N) is 1. The molecule has 3 aliphatic rings. The number of primary amides is 1. The van der Waals surface area contributed by atoms with Gasteiger partial charge in [0, 0.05) is 44.2 Å². The second-order valence-electron chi connectivity index (χ2n) is 9.64. The number of aliphatic hydroxyl groups is 4. The van der Waals surface area contributed by atoms with Crippen molar-refractivity contribution in [3.8, 4) is 5.75 Å². The zero-order valence-corrected chi connectivity index (χ0v) is 20.5. The van der Waals surface area contributed by atoms with Crippen LogP contribution >= 0.6 is 11.6 Å². The van der Waals surface area contributed by atoms with E-state index >= 15 is 0 Å². The number of ketones is 2. The average Bonchev–Trinajstić information content (AvgIpc) is 2.80.